The Morgan fingerprint density at radius 2 is 1.66 bits per heavy atom. The molecule has 4 spiro atoms. The lowest BCUT2D eigenvalue weighted by molar-refractivity contribution is -0.210. The molecule has 3 N–H and O–H groups in total. The summed E-state index contributed by atoms with van der Waals surface area (Å²) in [6.45, 7) is 0.738. The third-order valence-electron chi connectivity index (χ3n) is 30.3. The van der Waals surface area contributed by atoms with E-state index in [1.54, 1.807) is 7.11 Å². The van der Waals surface area contributed by atoms with Gasteiger partial charge in [0.15, 0.2) is 17.8 Å². The van der Waals surface area contributed by atoms with Crippen LogP contribution in [0.15, 0.2) is 172 Å². The van der Waals surface area contributed by atoms with E-state index in [-0.39, 0.29) is 114 Å². The number of rotatable bonds is 7. The Hall–Kier alpha value is -8.63. The van der Waals surface area contributed by atoms with E-state index in [9.17, 15) is 15.3 Å². The van der Waals surface area contributed by atoms with Crippen LogP contribution in [0.4, 0.5) is 0 Å². The van der Waals surface area contributed by atoms with Crippen molar-refractivity contribution in [3.05, 3.63) is 262 Å². The minimum Gasteiger partial charge on any atom is -0.482 e. The Bertz CT molecular complexity index is 5200. The topological polar surface area (TPSA) is 162 Å². The number of carbonyl (C=O) groups is 2. The van der Waals surface area contributed by atoms with Crippen molar-refractivity contribution in [2.45, 2.75) is 187 Å². The molecule has 1 aromatic heterocycles. The molecule has 0 amide bonds. The SMILES string of the molecule is COC[C@@H](CCO)c1c(CO)c2ccc3c(c2oc1=O)[C@H]1OC(=O)C[C@H]2C[C@@H]4C=C[C@@H]2c2ccc5c(c2)[C@@H]2C[C@@H]6[C@H]5CC(=C(C)CO)C(=O)O[C@@H]1[C@@]1(CC=C[C@]5(C2)[C@H]2C(=Cc7ccccc7[C@H]2C[C@@H]51)C#C[C@@H]1CCC[C@@]16c1ccc(cc1)Cc1ccc2c(c1)[C@]15c6cccc4c6CC[C@@H]1CCC[C@@H]5C=C2)O3. The highest BCUT2D eigenvalue weighted by molar-refractivity contribution is 5.91. The first-order valence-corrected chi connectivity index (χ1v) is 39.9. The van der Waals surface area contributed by atoms with Crippen LogP contribution in [-0.2, 0) is 54.1 Å². The summed E-state index contributed by atoms with van der Waals surface area (Å²) in [5.74, 6) is 6.44. The van der Waals surface area contributed by atoms with Crippen molar-refractivity contribution in [2.24, 2.45) is 46.8 Å². The van der Waals surface area contributed by atoms with Crippen LogP contribution in [-0.4, -0.2) is 65.9 Å². The second-order valence-electron chi connectivity index (χ2n) is 34.6. The lowest BCUT2D eigenvalue weighted by atomic mass is 9.48. The van der Waals surface area contributed by atoms with E-state index >= 15 is 14.4 Å². The summed E-state index contributed by atoms with van der Waals surface area (Å²) in [4.78, 5) is 49.0. The number of ether oxygens (including phenoxy) is 4. The molecule has 18 aliphatic carbocycles. The van der Waals surface area contributed by atoms with Crippen LogP contribution in [0.1, 0.15) is 234 Å². The van der Waals surface area contributed by atoms with Gasteiger partial charge in [0.25, 0.3) is 0 Å². The molecule has 19 atom stereocenters. The van der Waals surface area contributed by atoms with Crippen LogP contribution >= 0.6 is 0 Å². The number of aliphatic hydroxyl groups excluding tert-OH is 3. The molecule has 7 aromatic rings. The largest absolute Gasteiger partial charge is 0.482 e. The van der Waals surface area contributed by atoms with Crippen molar-refractivity contribution in [2.75, 3.05) is 26.9 Å². The molecule has 1 saturated heterocycles. The van der Waals surface area contributed by atoms with Gasteiger partial charge in [-0.15, -0.1) is 0 Å². The van der Waals surface area contributed by atoms with Gasteiger partial charge in [-0.05, 0) is 233 Å². The quantitative estimate of drug-likeness (QED) is 0.0458. The molecule has 29 rings (SSSR count). The van der Waals surface area contributed by atoms with Gasteiger partial charge in [-0.1, -0.05) is 164 Å². The molecule has 6 aromatic carbocycles. The number of methoxy groups -OCH3 is 1. The first kappa shape index (κ1) is 65.6. The van der Waals surface area contributed by atoms with Crippen LogP contribution in [0, 0.1) is 58.7 Å². The van der Waals surface area contributed by atoms with Gasteiger partial charge in [0.1, 0.15) is 11.3 Å². The van der Waals surface area contributed by atoms with Crippen molar-refractivity contribution in [1.82, 2.24) is 0 Å². The molecule has 5 heterocycles. The maximum absolute atomic E-state index is 17.0. The Morgan fingerprint density at radius 3 is 2.53 bits per heavy atom. The number of carbonyl (C=O) groups excluding carboxylic acids is 2. The zero-order valence-corrected chi connectivity index (χ0v) is 60.6. The molecular formula is C95H92O11. The normalized spacial score (nSPS) is 35.1. The van der Waals surface area contributed by atoms with Gasteiger partial charge in [-0.25, -0.2) is 9.59 Å². The standard InChI is InChI=1S/C95H92O11/c1-52(49-97)73-46-75-70-30-23-58-43-74(70)62-44-80(75)93-36-7-12-63(93)26-21-59-41-56-9-3-4-13-69(56)76-47-82-92(48-62,86(59)76)35-8-37-94(82)89(105-90(73)100)88(85-81(106-94)33-32-72-77(50-98)84(91(101)104-87(72)85)60(34-38-96)51-102-2)103-83(99)45-61-42-57(22-29-67(58)61)68-14-6-15-78-71(68)31-28-66-11-5-10-65-27-20-55-19-16-54(40-79(55)95(65,66)78)39-53-17-24-64(93)25-18-53/h3-4,6,8-9,13-20,22-25,27,29-30,32-33,35,40-41,43,57,60-63,65-67,75-76,80,82,86,88-89,96-98H,5,7,10-12,28,31,34,36-39,42,44-51H2,1-2H3/t57-,60+,61+,62+,63-,65+,66-,67+,75-,76+,80+,82-,86-,88+,89-,92+,93-,94-,95-/m0/s1. The van der Waals surface area contributed by atoms with Gasteiger partial charge < -0.3 is 38.7 Å². The average molecular weight is 1410 g/mol. The van der Waals surface area contributed by atoms with Crippen molar-refractivity contribution >= 4 is 35.1 Å². The average Bonchev–Trinajstić information content (AvgIpc) is 1.46. The second kappa shape index (κ2) is 24.4. The fraction of sp³-hybridized carbons (Fsp3) is 0.442. The Morgan fingerprint density at radius 1 is 0.783 bits per heavy atom. The monoisotopic (exact) mass is 1410 g/mol. The van der Waals surface area contributed by atoms with E-state index in [2.05, 4.69) is 158 Å². The van der Waals surface area contributed by atoms with E-state index in [0.29, 0.717) is 52.5 Å². The molecule has 0 unspecified atom stereocenters. The minimum atomic E-state index is -1.44. The van der Waals surface area contributed by atoms with Gasteiger partial charge in [0.05, 0.1) is 25.4 Å². The second-order valence-corrected chi connectivity index (χ2v) is 34.6. The molecular weight excluding hydrogens is 1320 g/mol. The predicted octanol–water partition coefficient (Wildman–Crippen LogP) is 17.0. The number of benzene rings is 6. The molecule has 11 heteroatoms. The van der Waals surface area contributed by atoms with Crippen LogP contribution in [0.3, 0.4) is 0 Å². The van der Waals surface area contributed by atoms with Crippen LogP contribution < -0.4 is 10.4 Å². The Labute approximate surface area is 619 Å². The van der Waals surface area contributed by atoms with E-state index in [0.717, 1.165) is 74.5 Å². The summed E-state index contributed by atoms with van der Waals surface area (Å²) in [6, 6.07) is 44.4. The first-order valence-electron chi connectivity index (χ1n) is 39.9. The van der Waals surface area contributed by atoms with Gasteiger partial charge >= 0.3 is 17.6 Å². The van der Waals surface area contributed by atoms with Gasteiger partial charge in [0.2, 0.25) is 0 Å². The van der Waals surface area contributed by atoms with Gasteiger partial charge in [-0.3, -0.25) is 4.79 Å². The zero-order chi connectivity index (χ0) is 71.3. The number of aliphatic hydroxyl groups is 3. The van der Waals surface area contributed by atoms with Crippen LogP contribution in [0.2, 0.25) is 0 Å². The molecule has 22 bridgehead atoms. The Balaban J connectivity index is 0.873. The molecule has 11 nitrogen and oxygen atoms in total. The highest BCUT2D eigenvalue weighted by Gasteiger charge is 2.71. The summed E-state index contributed by atoms with van der Waals surface area (Å²) in [6.07, 6.45) is 27.2. The lowest BCUT2D eigenvalue weighted by Gasteiger charge is -2.57. The summed E-state index contributed by atoms with van der Waals surface area (Å²) in [7, 11) is 1.54. The molecule has 0 radical (unpaired) electrons. The third-order valence-corrected chi connectivity index (χ3v) is 30.3. The fourth-order valence-electron chi connectivity index (χ4n) is 26.3. The van der Waals surface area contributed by atoms with Crippen molar-refractivity contribution in [3.63, 3.8) is 0 Å². The maximum Gasteiger partial charge on any atom is 0.340 e. The van der Waals surface area contributed by atoms with E-state index < -0.39 is 71.3 Å². The zero-order valence-electron chi connectivity index (χ0n) is 60.6. The number of hydrogen-bond acceptors (Lipinski definition) is 11. The van der Waals surface area contributed by atoms with Gasteiger partial charge in [0, 0.05) is 100 Å². The molecule has 4 aliphatic heterocycles. The van der Waals surface area contributed by atoms with Crippen molar-refractivity contribution in [1.29, 1.82) is 0 Å². The fourth-order valence-corrected chi connectivity index (χ4v) is 26.3. The predicted molar refractivity (Wildman–Crippen MR) is 406 cm³/mol. The number of hydrogen-bond donors (Lipinski definition) is 3. The van der Waals surface area contributed by atoms with Crippen LogP contribution in [0.5, 0.6) is 5.75 Å². The van der Waals surface area contributed by atoms with E-state index in [1.807, 2.05) is 19.1 Å². The van der Waals surface area contributed by atoms with Gasteiger partial charge in [-0.2, -0.15) is 0 Å². The lowest BCUT2D eigenvalue weighted by Crippen LogP contribution is -2.64. The van der Waals surface area contributed by atoms with Crippen molar-refractivity contribution < 1.29 is 48.3 Å². The minimum absolute atomic E-state index is 0.0140. The number of allylic oxidation sites excluding steroid dienone is 5. The smallest absolute Gasteiger partial charge is 0.340 e. The molecule has 106 heavy (non-hydrogen) atoms. The highest BCUT2D eigenvalue weighted by atomic mass is 16.6. The molecule has 3 saturated carbocycles. The highest BCUT2D eigenvalue weighted by Crippen LogP contribution is 2.73. The van der Waals surface area contributed by atoms with Crippen LogP contribution in [0.25, 0.3) is 23.1 Å². The summed E-state index contributed by atoms with van der Waals surface area (Å²) in [5, 5.41) is 34.3. The Kier molecular flexibility index (Phi) is 15.1. The molecule has 4 fully saturated rings. The maximum atomic E-state index is 17.0. The number of esters is 2. The molecule has 538 valence electrons. The summed E-state index contributed by atoms with van der Waals surface area (Å²) in [5.41, 5.74) is 16.3. The van der Waals surface area contributed by atoms with E-state index in [4.69, 9.17) is 23.4 Å². The number of fused-ring (bicyclic) bond motifs is 9. The summed E-state index contributed by atoms with van der Waals surface area (Å²) >= 11 is 0. The summed E-state index contributed by atoms with van der Waals surface area (Å²) < 4.78 is 35.8. The van der Waals surface area contributed by atoms with E-state index in [1.165, 1.54) is 74.0 Å². The third kappa shape index (κ3) is 9.17. The molecule has 22 aliphatic rings. The van der Waals surface area contributed by atoms with Crippen molar-refractivity contribution in [3.8, 4) is 17.6 Å². The first-order chi connectivity index (χ1) is 51.9.